The van der Waals surface area contributed by atoms with Crippen molar-refractivity contribution in [1.29, 1.82) is 0 Å². The summed E-state index contributed by atoms with van der Waals surface area (Å²) >= 11 is 1.51. The van der Waals surface area contributed by atoms with Gasteiger partial charge in [-0.05, 0) is 31.6 Å². The zero-order valence-electron chi connectivity index (χ0n) is 17.4. The molecule has 0 aliphatic carbocycles. The van der Waals surface area contributed by atoms with Gasteiger partial charge in [-0.2, -0.15) is 0 Å². The first-order valence-corrected chi connectivity index (χ1v) is 10.7. The Balaban J connectivity index is 0.00000256. The van der Waals surface area contributed by atoms with Crippen molar-refractivity contribution >= 4 is 45.0 Å². The number of carbonyl (C=O) groups excluding carboxylic acids is 1. The summed E-state index contributed by atoms with van der Waals surface area (Å²) in [6.45, 7) is 9.75. The minimum atomic E-state index is -0.0191. The maximum absolute atomic E-state index is 13.5. The number of ether oxygens (including phenoxy) is 2. The van der Waals surface area contributed by atoms with Crippen molar-refractivity contribution in [2.24, 2.45) is 0 Å². The molecular weight excluding hydrogens is 422 g/mol. The van der Waals surface area contributed by atoms with Gasteiger partial charge in [0.2, 0.25) is 6.79 Å². The number of amides is 1. The number of thiazole rings is 1. The van der Waals surface area contributed by atoms with Gasteiger partial charge in [-0.25, -0.2) is 4.98 Å². The van der Waals surface area contributed by atoms with Gasteiger partial charge in [-0.3, -0.25) is 9.69 Å². The summed E-state index contributed by atoms with van der Waals surface area (Å²) in [4.78, 5) is 22.3. The Labute approximate surface area is 186 Å². The summed E-state index contributed by atoms with van der Waals surface area (Å²) in [6, 6.07) is 11.5. The van der Waals surface area contributed by atoms with E-state index >= 15 is 0 Å². The third kappa shape index (κ3) is 4.38. The van der Waals surface area contributed by atoms with Gasteiger partial charge >= 0.3 is 0 Å². The molecule has 1 amide bonds. The Morgan fingerprint density at radius 3 is 2.50 bits per heavy atom. The zero-order valence-corrected chi connectivity index (χ0v) is 19.0. The van der Waals surface area contributed by atoms with E-state index in [2.05, 4.69) is 18.7 Å². The topological polar surface area (TPSA) is 54.9 Å². The zero-order chi connectivity index (χ0) is 20.4. The number of anilines is 1. The van der Waals surface area contributed by atoms with E-state index in [9.17, 15) is 4.79 Å². The molecule has 0 atom stereocenters. The number of nitrogens with zero attached hydrogens (tertiary/aromatic N) is 3. The predicted octanol–water partition coefficient (Wildman–Crippen LogP) is 4.74. The molecule has 0 saturated carbocycles. The van der Waals surface area contributed by atoms with Gasteiger partial charge in [0.25, 0.3) is 5.91 Å². The molecule has 30 heavy (non-hydrogen) atoms. The van der Waals surface area contributed by atoms with E-state index in [1.165, 1.54) is 11.3 Å². The van der Waals surface area contributed by atoms with Crippen LogP contribution in [0.4, 0.5) is 5.13 Å². The highest BCUT2D eigenvalue weighted by atomic mass is 35.5. The standard InChI is InChI=1S/C22H25N3O3S.ClH/c1-4-24(5-2)10-11-25(21(26)16-9-7-6-8-15(16)3)22-23-17-12-18-19(28-14-27-18)13-20(17)29-22;/h6-9,12-13H,4-5,10-11,14H2,1-3H3;1H. The molecule has 8 heteroatoms. The van der Waals surface area contributed by atoms with Crippen molar-refractivity contribution in [2.45, 2.75) is 20.8 Å². The second kappa shape index (κ2) is 9.64. The number of fused-ring (bicyclic) bond motifs is 2. The van der Waals surface area contributed by atoms with Crippen molar-refractivity contribution in [1.82, 2.24) is 9.88 Å². The number of rotatable bonds is 7. The predicted molar refractivity (Wildman–Crippen MR) is 124 cm³/mol. The number of hydrogen-bond acceptors (Lipinski definition) is 6. The van der Waals surface area contributed by atoms with Crippen LogP contribution in [-0.2, 0) is 0 Å². The van der Waals surface area contributed by atoms with E-state index in [0.717, 1.165) is 41.2 Å². The van der Waals surface area contributed by atoms with Crippen LogP contribution >= 0.6 is 23.7 Å². The number of likely N-dealkylation sites (N-methyl/N-ethyl adjacent to an activating group) is 1. The molecule has 0 N–H and O–H groups in total. The van der Waals surface area contributed by atoms with Crippen LogP contribution in [0.1, 0.15) is 29.8 Å². The SMILES string of the molecule is CCN(CC)CCN(C(=O)c1ccccc1C)c1nc2cc3c(cc2s1)OCO3.Cl. The average Bonchev–Trinajstić information content (AvgIpc) is 3.35. The van der Waals surface area contributed by atoms with E-state index in [0.29, 0.717) is 23.0 Å². The quantitative estimate of drug-likeness (QED) is 0.523. The first kappa shape index (κ1) is 22.3. The number of halogens is 1. The summed E-state index contributed by atoms with van der Waals surface area (Å²) in [5.41, 5.74) is 2.49. The van der Waals surface area contributed by atoms with Crippen LogP contribution in [-0.4, -0.2) is 48.8 Å². The van der Waals surface area contributed by atoms with Crippen molar-refractivity contribution < 1.29 is 14.3 Å². The number of carbonyl (C=O) groups is 1. The first-order valence-electron chi connectivity index (χ1n) is 9.90. The highest BCUT2D eigenvalue weighted by molar-refractivity contribution is 7.22. The van der Waals surface area contributed by atoms with Gasteiger partial charge in [0.05, 0.1) is 10.2 Å². The van der Waals surface area contributed by atoms with Crippen LogP contribution in [0.3, 0.4) is 0 Å². The van der Waals surface area contributed by atoms with E-state index in [1.54, 1.807) is 4.90 Å². The van der Waals surface area contributed by atoms with Gasteiger partial charge in [-0.1, -0.05) is 43.4 Å². The summed E-state index contributed by atoms with van der Waals surface area (Å²) in [7, 11) is 0. The summed E-state index contributed by atoms with van der Waals surface area (Å²) < 4.78 is 11.9. The molecule has 6 nitrogen and oxygen atoms in total. The van der Waals surface area contributed by atoms with Gasteiger partial charge in [0, 0.05) is 30.8 Å². The molecule has 0 radical (unpaired) electrons. The summed E-state index contributed by atoms with van der Waals surface area (Å²) in [6.07, 6.45) is 0. The molecule has 3 aromatic rings. The van der Waals surface area contributed by atoms with Crippen LogP contribution in [0.25, 0.3) is 10.2 Å². The Kier molecular flexibility index (Phi) is 7.18. The van der Waals surface area contributed by atoms with E-state index in [4.69, 9.17) is 14.5 Å². The molecular formula is C22H26ClN3O3S. The summed E-state index contributed by atoms with van der Waals surface area (Å²) in [5.74, 6) is 1.41. The van der Waals surface area contributed by atoms with Crippen LogP contribution < -0.4 is 14.4 Å². The monoisotopic (exact) mass is 447 g/mol. The summed E-state index contributed by atoms with van der Waals surface area (Å²) in [5, 5.41) is 0.698. The molecule has 0 spiro atoms. The maximum Gasteiger partial charge on any atom is 0.260 e. The third-order valence-corrected chi connectivity index (χ3v) is 6.30. The molecule has 0 saturated heterocycles. The van der Waals surface area contributed by atoms with Crippen LogP contribution in [0.15, 0.2) is 36.4 Å². The molecule has 2 aromatic carbocycles. The molecule has 1 aromatic heterocycles. The Morgan fingerprint density at radius 2 is 1.80 bits per heavy atom. The van der Waals surface area contributed by atoms with E-state index < -0.39 is 0 Å². The second-order valence-electron chi connectivity index (χ2n) is 6.97. The molecule has 4 rings (SSSR count). The third-order valence-electron chi connectivity index (χ3n) is 5.26. The van der Waals surface area contributed by atoms with Crippen molar-refractivity contribution in [3.8, 4) is 11.5 Å². The van der Waals surface area contributed by atoms with E-state index in [-0.39, 0.29) is 25.1 Å². The lowest BCUT2D eigenvalue weighted by molar-refractivity contribution is 0.0983. The van der Waals surface area contributed by atoms with Crippen molar-refractivity contribution in [3.63, 3.8) is 0 Å². The fraction of sp³-hybridized carbons (Fsp3) is 0.364. The fourth-order valence-corrected chi connectivity index (χ4v) is 4.45. The molecule has 0 fully saturated rings. The molecule has 0 bridgehead atoms. The number of benzene rings is 2. The Bertz CT molecular complexity index is 995. The highest BCUT2D eigenvalue weighted by Crippen LogP contribution is 2.40. The smallest absolute Gasteiger partial charge is 0.260 e. The molecule has 0 unspecified atom stereocenters. The maximum atomic E-state index is 13.5. The van der Waals surface area contributed by atoms with Crippen LogP contribution in [0.5, 0.6) is 11.5 Å². The van der Waals surface area contributed by atoms with Crippen molar-refractivity contribution in [2.75, 3.05) is 37.9 Å². The van der Waals surface area contributed by atoms with Crippen LogP contribution in [0.2, 0.25) is 0 Å². The second-order valence-corrected chi connectivity index (χ2v) is 7.98. The number of hydrogen-bond donors (Lipinski definition) is 0. The molecule has 1 aliphatic heterocycles. The lowest BCUT2D eigenvalue weighted by Crippen LogP contribution is -2.39. The minimum Gasteiger partial charge on any atom is -0.454 e. The number of aromatic nitrogens is 1. The lowest BCUT2D eigenvalue weighted by atomic mass is 10.1. The van der Waals surface area contributed by atoms with Crippen LogP contribution in [0, 0.1) is 6.92 Å². The fourth-order valence-electron chi connectivity index (χ4n) is 3.44. The molecule has 2 heterocycles. The number of aryl methyl sites for hydroxylation is 1. The highest BCUT2D eigenvalue weighted by Gasteiger charge is 2.24. The minimum absolute atomic E-state index is 0. The van der Waals surface area contributed by atoms with Gasteiger partial charge in [-0.15, -0.1) is 12.4 Å². The largest absolute Gasteiger partial charge is 0.454 e. The molecule has 1 aliphatic rings. The molecule has 160 valence electrons. The average molecular weight is 448 g/mol. The lowest BCUT2D eigenvalue weighted by Gasteiger charge is -2.25. The Morgan fingerprint density at radius 1 is 1.10 bits per heavy atom. The van der Waals surface area contributed by atoms with E-state index in [1.807, 2.05) is 43.3 Å². The Hall–Kier alpha value is -2.35. The first-order chi connectivity index (χ1) is 14.1. The van der Waals surface area contributed by atoms with Gasteiger partial charge in [0.1, 0.15) is 0 Å². The van der Waals surface area contributed by atoms with Gasteiger partial charge in [0.15, 0.2) is 16.6 Å². The van der Waals surface area contributed by atoms with Crippen molar-refractivity contribution in [3.05, 3.63) is 47.5 Å². The normalized spacial score (nSPS) is 12.3. The van der Waals surface area contributed by atoms with Gasteiger partial charge < -0.3 is 14.4 Å².